The minimum Gasteiger partial charge on any atom is -0.497 e. The van der Waals surface area contributed by atoms with Gasteiger partial charge in [0.25, 0.3) is 0 Å². The van der Waals surface area contributed by atoms with Crippen LogP contribution in [0.3, 0.4) is 0 Å². The third-order valence-corrected chi connectivity index (χ3v) is 3.52. The summed E-state index contributed by atoms with van der Waals surface area (Å²) in [5.41, 5.74) is 1.49. The van der Waals surface area contributed by atoms with Gasteiger partial charge in [-0.3, -0.25) is 0 Å². The Hall–Kier alpha value is -2.37. The number of hydrogen-bond acceptors (Lipinski definition) is 5. The molecule has 25 heavy (non-hydrogen) atoms. The lowest BCUT2D eigenvalue weighted by molar-refractivity contribution is -0.125. The van der Waals surface area contributed by atoms with Gasteiger partial charge in [0, 0.05) is 0 Å². The molecule has 1 aliphatic heterocycles. The van der Waals surface area contributed by atoms with Crippen molar-refractivity contribution in [2.24, 2.45) is 0 Å². The summed E-state index contributed by atoms with van der Waals surface area (Å²) >= 11 is 0. The highest BCUT2D eigenvalue weighted by molar-refractivity contribution is 5.89. The number of carbonyl (C=O) groups is 1. The van der Waals surface area contributed by atoms with Crippen LogP contribution in [0.25, 0.3) is 0 Å². The first-order valence-electron chi connectivity index (χ1n) is 8.13. The molecule has 0 saturated carbocycles. The molecule has 1 heterocycles. The zero-order valence-corrected chi connectivity index (χ0v) is 14.9. The molecule has 1 fully saturated rings. The summed E-state index contributed by atoms with van der Waals surface area (Å²) < 4.78 is 20.5. The molecule has 0 unspecified atom stereocenters. The molecule has 1 saturated heterocycles. The molecule has 1 aliphatic rings. The summed E-state index contributed by atoms with van der Waals surface area (Å²) in [6.07, 6.45) is 0. The highest BCUT2D eigenvalue weighted by atomic mass is 16.7. The number of benzene rings is 2. The second-order valence-corrected chi connectivity index (χ2v) is 5.89. The molecular weight excluding hydrogens is 320 g/mol. The van der Waals surface area contributed by atoms with Crippen molar-refractivity contribution < 1.29 is 23.7 Å². The fourth-order valence-corrected chi connectivity index (χ4v) is 2.15. The summed E-state index contributed by atoms with van der Waals surface area (Å²) in [5.74, 6) is 0.0797. The molecule has 5 heteroatoms. The third-order valence-electron chi connectivity index (χ3n) is 3.52. The normalized spacial score (nSPS) is 15.0. The van der Waals surface area contributed by atoms with Gasteiger partial charge in [0.15, 0.2) is 5.79 Å². The van der Waals surface area contributed by atoms with Crippen LogP contribution < -0.4 is 4.74 Å². The van der Waals surface area contributed by atoms with E-state index < -0.39 is 0 Å². The van der Waals surface area contributed by atoms with E-state index >= 15 is 0 Å². The quantitative estimate of drug-likeness (QED) is 0.789. The summed E-state index contributed by atoms with van der Waals surface area (Å²) in [5, 5.41) is 0. The second-order valence-electron chi connectivity index (χ2n) is 5.89. The maximum absolute atomic E-state index is 11.8. The molecule has 5 nitrogen and oxygen atoms in total. The molecule has 0 aromatic heterocycles. The molecular formula is C20H24O5. The van der Waals surface area contributed by atoms with Crippen molar-refractivity contribution >= 4 is 5.97 Å². The van der Waals surface area contributed by atoms with Crippen molar-refractivity contribution in [3.8, 4) is 5.75 Å². The van der Waals surface area contributed by atoms with Crippen molar-refractivity contribution in [3.63, 3.8) is 0 Å². The lowest BCUT2D eigenvalue weighted by Gasteiger charge is -2.13. The number of carbonyl (C=O) groups excluding carboxylic acids is 1. The zero-order chi connectivity index (χ0) is 18.1. The molecule has 134 valence electrons. The van der Waals surface area contributed by atoms with Crippen LogP contribution in [0.4, 0.5) is 0 Å². The lowest BCUT2D eigenvalue weighted by atomic mass is 10.2. The van der Waals surface area contributed by atoms with Gasteiger partial charge in [0.2, 0.25) is 0 Å². The van der Waals surface area contributed by atoms with Crippen LogP contribution >= 0.6 is 0 Å². The molecule has 0 N–H and O–H groups in total. The fourth-order valence-electron chi connectivity index (χ4n) is 2.15. The Balaban J connectivity index is 0.000000269. The number of methoxy groups -OCH3 is 1. The molecule has 0 spiro atoms. The van der Waals surface area contributed by atoms with E-state index in [0.29, 0.717) is 5.56 Å². The van der Waals surface area contributed by atoms with Crippen LogP contribution in [0.2, 0.25) is 0 Å². The van der Waals surface area contributed by atoms with E-state index in [4.69, 9.17) is 18.9 Å². The molecule has 0 radical (unpaired) electrons. The standard InChI is InChI=1S/C15H14O3.C5H10O2/c1-17-14-9-7-13(8-10-14)15(16)18-11-12-5-3-2-4-6-12;1-5(2)6-3-4-7-5/h2-10H,11H2,1H3;3-4H2,1-2H3. The summed E-state index contributed by atoms with van der Waals surface area (Å²) in [4.78, 5) is 11.8. The minimum absolute atomic E-state index is 0.283. The monoisotopic (exact) mass is 344 g/mol. The van der Waals surface area contributed by atoms with Gasteiger partial charge in [-0.1, -0.05) is 30.3 Å². The topological polar surface area (TPSA) is 54.0 Å². The number of hydrogen-bond donors (Lipinski definition) is 0. The smallest absolute Gasteiger partial charge is 0.338 e. The van der Waals surface area contributed by atoms with Crippen molar-refractivity contribution in [3.05, 3.63) is 65.7 Å². The summed E-state index contributed by atoms with van der Waals surface area (Å²) in [7, 11) is 1.59. The fraction of sp³-hybridized carbons (Fsp3) is 0.350. The van der Waals surface area contributed by atoms with Crippen LogP contribution in [-0.2, 0) is 20.8 Å². The minimum atomic E-state index is -0.332. The van der Waals surface area contributed by atoms with E-state index in [0.717, 1.165) is 24.5 Å². The highest BCUT2D eigenvalue weighted by Crippen LogP contribution is 2.15. The molecule has 0 atom stereocenters. The Morgan fingerprint density at radius 3 is 2.08 bits per heavy atom. The second kappa shape index (κ2) is 9.20. The maximum Gasteiger partial charge on any atom is 0.338 e. The predicted molar refractivity (Wildman–Crippen MR) is 94.5 cm³/mol. The van der Waals surface area contributed by atoms with Crippen LogP contribution in [0, 0.1) is 0 Å². The van der Waals surface area contributed by atoms with E-state index in [1.54, 1.807) is 31.4 Å². The van der Waals surface area contributed by atoms with Crippen LogP contribution in [-0.4, -0.2) is 32.1 Å². The first-order chi connectivity index (χ1) is 12.0. The molecule has 0 amide bonds. The van der Waals surface area contributed by atoms with Crippen molar-refractivity contribution in [2.45, 2.75) is 26.2 Å². The maximum atomic E-state index is 11.8. The Bertz CT molecular complexity index is 642. The van der Waals surface area contributed by atoms with Crippen molar-refractivity contribution in [1.82, 2.24) is 0 Å². The van der Waals surface area contributed by atoms with Gasteiger partial charge in [0.1, 0.15) is 12.4 Å². The summed E-state index contributed by atoms with van der Waals surface area (Å²) in [6.45, 7) is 5.60. The number of esters is 1. The Labute approximate surface area is 148 Å². The molecule has 0 aliphatic carbocycles. The SMILES string of the molecule is CC1(C)OCCO1.COc1ccc(C(=O)OCc2ccccc2)cc1. The first-order valence-corrected chi connectivity index (χ1v) is 8.13. The Morgan fingerprint density at radius 2 is 1.60 bits per heavy atom. The van der Waals surface area contributed by atoms with Crippen LogP contribution in [0.15, 0.2) is 54.6 Å². The van der Waals surface area contributed by atoms with E-state index in [2.05, 4.69) is 0 Å². The number of rotatable bonds is 4. The Morgan fingerprint density at radius 1 is 1.00 bits per heavy atom. The van der Waals surface area contributed by atoms with Gasteiger partial charge >= 0.3 is 5.97 Å². The van der Waals surface area contributed by atoms with Gasteiger partial charge in [-0.2, -0.15) is 0 Å². The first kappa shape index (κ1) is 19.0. The molecule has 2 aromatic rings. The Kier molecular flexibility index (Phi) is 6.98. The lowest BCUT2D eigenvalue weighted by Crippen LogP contribution is -2.18. The van der Waals surface area contributed by atoms with Gasteiger partial charge in [0.05, 0.1) is 25.9 Å². The van der Waals surface area contributed by atoms with Crippen LogP contribution in [0.5, 0.6) is 5.75 Å². The predicted octanol–water partition coefficient (Wildman–Crippen LogP) is 3.82. The van der Waals surface area contributed by atoms with E-state index in [1.165, 1.54) is 0 Å². The molecule has 3 rings (SSSR count). The van der Waals surface area contributed by atoms with E-state index in [1.807, 2.05) is 44.2 Å². The highest BCUT2D eigenvalue weighted by Gasteiger charge is 2.23. The van der Waals surface area contributed by atoms with Gasteiger partial charge < -0.3 is 18.9 Å². The zero-order valence-electron chi connectivity index (χ0n) is 14.9. The largest absolute Gasteiger partial charge is 0.497 e. The van der Waals surface area contributed by atoms with Gasteiger partial charge in [-0.15, -0.1) is 0 Å². The van der Waals surface area contributed by atoms with Gasteiger partial charge in [-0.25, -0.2) is 4.79 Å². The van der Waals surface area contributed by atoms with Crippen molar-refractivity contribution in [1.29, 1.82) is 0 Å². The number of ether oxygens (including phenoxy) is 4. The van der Waals surface area contributed by atoms with E-state index in [-0.39, 0.29) is 18.4 Å². The van der Waals surface area contributed by atoms with Gasteiger partial charge in [-0.05, 0) is 43.7 Å². The average Bonchev–Trinajstić information content (AvgIpc) is 3.05. The molecule has 2 aromatic carbocycles. The average molecular weight is 344 g/mol. The third kappa shape index (κ3) is 6.57. The molecule has 0 bridgehead atoms. The van der Waals surface area contributed by atoms with Crippen molar-refractivity contribution in [2.75, 3.05) is 20.3 Å². The van der Waals surface area contributed by atoms with Crippen LogP contribution in [0.1, 0.15) is 29.8 Å². The summed E-state index contributed by atoms with van der Waals surface area (Å²) in [6, 6.07) is 16.4. The van der Waals surface area contributed by atoms with E-state index in [9.17, 15) is 4.79 Å².